The Balaban J connectivity index is 1.77. The van der Waals surface area contributed by atoms with E-state index in [1.54, 1.807) is 12.1 Å². The van der Waals surface area contributed by atoms with E-state index in [1.165, 1.54) is 0 Å². The van der Waals surface area contributed by atoms with Crippen molar-refractivity contribution < 1.29 is 9.53 Å². The molecule has 122 valence electrons. The van der Waals surface area contributed by atoms with Crippen molar-refractivity contribution in [3.05, 3.63) is 34.2 Å². The molecule has 1 aliphatic rings. The van der Waals surface area contributed by atoms with Crippen LogP contribution < -0.4 is 0 Å². The minimum absolute atomic E-state index is 0.000866. The topological polar surface area (TPSA) is 52.1 Å². The van der Waals surface area contributed by atoms with E-state index in [0.29, 0.717) is 16.8 Å². The Kier molecular flexibility index (Phi) is 5.02. The zero-order valence-corrected chi connectivity index (χ0v) is 14.4. The maximum atomic E-state index is 11.8. The molecule has 0 amide bonds. The van der Waals surface area contributed by atoms with Crippen molar-refractivity contribution in [3.8, 4) is 0 Å². The summed E-state index contributed by atoms with van der Waals surface area (Å²) in [7, 11) is 0. The summed E-state index contributed by atoms with van der Waals surface area (Å²) in [6, 6.07) is 5.44. The van der Waals surface area contributed by atoms with E-state index < -0.39 is 0 Å². The van der Waals surface area contributed by atoms with Crippen molar-refractivity contribution in [2.24, 2.45) is 5.92 Å². The summed E-state index contributed by atoms with van der Waals surface area (Å²) in [5.41, 5.74) is 0.803. The Morgan fingerprint density at radius 1 is 1.22 bits per heavy atom. The number of aromatic nitrogens is 2. The van der Waals surface area contributed by atoms with Gasteiger partial charge in [0.05, 0.1) is 18.0 Å². The predicted octanol–water partition coefficient (Wildman–Crippen LogP) is 4.77. The van der Waals surface area contributed by atoms with E-state index in [1.807, 2.05) is 13.0 Å². The lowest BCUT2D eigenvalue weighted by Crippen LogP contribution is -2.23. The zero-order valence-electron chi connectivity index (χ0n) is 12.9. The number of fused-ring (bicyclic) bond motifs is 1. The second-order valence-corrected chi connectivity index (χ2v) is 6.63. The van der Waals surface area contributed by atoms with Gasteiger partial charge >= 0.3 is 5.97 Å². The molecule has 0 radical (unpaired) electrons. The maximum Gasteiger partial charge on any atom is 0.308 e. The molecular weight excluding hydrogens is 335 g/mol. The summed E-state index contributed by atoms with van der Waals surface area (Å²) < 4.78 is 5.11. The second-order valence-electron chi connectivity index (χ2n) is 5.83. The number of carbonyl (C=O) groups excluding carboxylic acids is 1. The SMILES string of the molecule is CCOC(=O)C1CCC(c2nc(Cl)c3cc(Cl)ccc3n2)CC1. The first-order valence-corrected chi connectivity index (χ1v) is 8.63. The summed E-state index contributed by atoms with van der Waals surface area (Å²) in [6.07, 6.45) is 3.37. The van der Waals surface area contributed by atoms with Gasteiger partial charge in [-0.25, -0.2) is 9.97 Å². The predicted molar refractivity (Wildman–Crippen MR) is 90.9 cm³/mol. The highest BCUT2D eigenvalue weighted by molar-refractivity contribution is 6.35. The first-order valence-electron chi connectivity index (χ1n) is 7.87. The van der Waals surface area contributed by atoms with Crippen LogP contribution >= 0.6 is 23.2 Å². The summed E-state index contributed by atoms with van der Waals surface area (Å²) in [6.45, 7) is 2.27. The fourth-order valence-electron chi connectivity index (χ4n) is 3.11. The van der Waals surface area contributed by atoms with Crippen molar-refractivity contribution in [1.82, 2.24) is 9.97 Å². The Labute approximate surface area is 145 Å². The standard InChI is InChI=1S/C17H18Cl2N2O2/c1-2-23-17(22)11-5-3-10(4-6-11)16-20-14-8-7-12(18)9-13(14)15(19)21-16/h7-11H,2-6H2,1H3. The van der Waals surface area contributed by atoms with Crippen molar-refractivity contribution in [1.29, 1.82) is 0 Å². The van der Waals surface area contributed by atoms with Crippen LogP contribution in [-0.2, 0) is 9.53 Å². The minimum atomic E-state index is -0.0851. The molecule has 0 unspecified atom stereocenters. The molecule has 1 fully saturated rings. The smallest absolute Gasteiger partial charge is 0.308 e. The first kappa shape index (κ1) is 16.5. The molecule has 4 nitrogen and oxygen atoms in total. The number of hydrogen-bond donors (Lipinski definition) is 0. The normalized spacial score (nSPS) is 21.3. The molecule has 0 spiro atoms. The second kappa shape index (κ2) is 7.02. The Morgan fingerprint density at radius 3 is 2.65 bits per heavy atom. The Hall–Kier alpha value is -1.39. The van der Waals surface area contributed by atoms with Gasteiger partial charge in [-0.1, -0.05) is 23.2 Å². The van der Waals surface area contributed by atoms with Crippen LogP contribution in [-0.4, -0.2) is 22.5 Å². The van der Waals surface area contributed by atoms with Crippen LogP contribution in [0.5, 0.6) is 0 Å². The van der Waals surface area contributed by atoms with E-state index in [-0.39, 0.29) is 17.8 Å². The molecule has 3 rings (SSSR count). The maximum absolute atomic E-state index is 11.8. The third-order valence-electron chi connectivity index (χ3n) is 4.34. The lowest BCUT2D eigenvalue weighted by atomic mass is 9.81. The Morgan fingerprint density at radius 2 is 1.96 bits per heavy atom. The molecule has 1 saturated carbocycles. The first-order chi connectivity index (χ1) is 11.1. The monoisotopic (exact) mass is 352 g/mol. The molecule has 6 heteroatoms. The van der Waals surface area contributed by atoms with Crippen molar-refractivity contribution in [3.63, 3.8) is 0 Å². The fourth-order valence-corrected chi connectivity index (χ4v) is 3.52. The van der Waals surface area contributed by atoms with E-state index >= 15 is 0 Å². The number of halogens is 2. The molecule has 0 saturated heterocycles. The van der Waals surface area contributed by atoms with E-state index in [4.69, 9.17) is 27.9 Å². The third kappa shape index (κ3) is 3.59. The number of rotatable bonds is 3. The molecule has 1 aromatic heterocycles. The lowest BCUT2D eigenvalue weighted by molar-refractivity contribution is -0.149. The number of hydrogen-bond acceptors (Lipinski definition) is 4. The number of carbonyl (C=O) groups is 1. The molecule has 2 aromatic rings. The van der Waals surface area contributed by atoms with E-state index in [0.717, 1.165) is 42.4 Å². The average Bonchev–Trinajstić information content (AvgIpc) is 2.56. The number of nitrogens with zero attached hydrogens (tertiary/aromatic N) is 2. The molecule has 23 heavy (non-hydrogen) atoms. The summed E-state index contributed by atoms with van der Waals surface area (Å²) in [5, 5.41) is 1.81. The van der Waals surface area contributed by atoms with Gasteiger partial charge in [-0.05, 0) is 50.8 Å². The van der Waals surface area contributed by atoms with Gasteiger partial charge in [-0.2, -0.15) is 0 Å². The van der Waals surface area contributed by atoms with Crippen molar-refractivity contribution >= 4 is 40.1 Å². The molecule has 0 atom stereocenters. The van der Waals surface area contributed by atoms with Gasteiger partial charge in [0.1, 0.15) is 11.0 Å². The number of ether oxygens (including phenoxy) is 1. The highest BCUT2D eigenvalue weighted by Crippen LogP contribution is 2.36. The summed E-state index contributed by atoms with van der Waals surface area (Å²) in [5.74, 6) is 0.907. The van der Waals surface area contributed by atoms with E-state index in [2.05, 4.69) is 9.97 Å². The van der Waals surface area contributed by atoms with Gasteiger partial charge in [0.15, 0.2) is 0 Å². The highest BCUT2D eigenvalue weighted by Gasteiger charge is 2.29. The van der Waals surface area contributed by atoms with Gasteiger partial charge in [0.2, 0.25) is 0 Å². The van der Waals surface area contributed by atoms with Gasteiger partial charge in [0.25, 0.3) is 0 Å². The van der Waals surface area contributed by atoms with E-state index in [9.17, 15) is 4.79 Å². The molecule has 0 bridgehead atoms. The molecule has 1 aliphatic carbocycles. The van der Waals surface area contributed by atoms with Gasteiger partial charge in [0, 0.05) is 16.3 Å². The largest absolute Gasteiger partial charge is 0.466 e. The molecule has 0 aliphatic heterocycles. The third-order valence-corrected chi connectivity index (χ3v) is 4.86. The lowest BCUT2D eigenvalue weighted by Gasteiger charge is -2.26. The van der Waals surface area contributed by atoms with Crippen molar-refractivity contribution in [2.75, 3.05) is 6.61 Å². The van der Waals surface area contributed by atoms with Crippen LogP contribution in [0, 0.1) is 5.92 Å². The van der Waals surface area contributed by atoms with Crippen LogP contribution in [0.2, 0.25) is 10.2 Å². The number of esters is 1. The highest BCUT2D eigenvalue weighted by atomic mass is 35.5. The number of benzene rings is 1. The molecule has 1 heterocycles. The Bertz CT molecular complexity index is 728. The fraction of sp³-hybridized carbons (Fsp3) is 0.471. The van der Waals surface area contributed by atoms with Gasteiger partial charge in [-0.3, -0.25) is 4.79 Å². The zero-order chi connectivity index (χ0) is 16.4. The quantitative estimate of drug-likeness (QED) is 0.589. The molecular formula is C17H18Cl2N2O2. The summed E-state index contributed by atoms with van der Waals surface area (Å²) >= 11 is 12.3. The minimum Gasteiger partial charge on any atom is -0.466 e. The molecule has 1 aromatic carbocycles. The summed E-state index contributed by atoms with van der Waals surface area (Å²) in [4.78, 5) is 20.9. The van der Waals surface area contributed by atoms with Crippen LogP contribution in [0.4, 0.5) is 0 Å². The van der Waals surface area contributed by atoms with Crippen LogP contribution in [0.15, 0.2) is 18.2 Å². The van der Waals surface area contributed by atoms with Crippen molar-refractivity contribution in [2.45, 2.75) is 38.5 Å². The van der Waals surface area contributed by atoms with Gasteiger partial charge in [-0.15, -0.1) is 0 Å². The van der Waals surface area contributed by atoms with Crippen LogP contribution in [0.1, 0.15) is 44.3 Å². The van der Waals surface area contributed by atoms with Crippen LogP contribution in [0.25, 0.3) is 10.9 Å². The average molecular weight is 353 g/mol. The molecule has 0 N–H and O–H groups in total. The van der Waals surface area contributed by atoms with Gasteiger partial charge < -0.3 is 4.74 Å². The van der Waals surface area contributed by atoms with Crippen LogP contribution in [0.3, 0.4) is 0 Å².